The molecule has 0 atom stereocenters. The van der Waals surface area contributed by atoms with Crippen molar-refractivity contribution in [2.45, 2.75) is 38.8 Å². The molecule has 0 aliphatic rings. The molecule has 18 heavy (non-hydrogen) atoms. The summed E-state index contributed by atoms with van der Waals surface area (Å²) >= 11 is 5.96. The first-order valence-electron chi connectivity index (χ1n) is 6.06. The average molecular weight is 268 g/mol. The van der Waals surface area contributed by atoms with Gasteiger partial charge in [0, 0.05) is 12.8 Å². The van der Waals surface area contributed by atoms with E-state index in [1.807, 2.05) is 13.0 Å². The molecule has 0 bridgehead atoms. The third-order valence-electron chi connectivity index (χ3n) is 2.82. The Morgan fingerprint density at radius 1 is 1.44 bits per heavy atom. The highest BCUT2D eigenvalue weighted by Gasteiger charge is 2.21. The van der Waals surface area contributed by atoms with Gasteiger partial charge in [0.2, 0.25) is 0 Å². The first-order chi connectivity index (χ1) is 8.57. The molecule has 2 heterocycles. The lowest BCUT2D eigenvalue weighted by molar-refractivity contribution is -0.0220. The van der Waals surface area contributed by atoms with Gasteiger partial charge in [-0.2, -0.15) is 0 Å². The second-order valence-electron chi connectivity index (χ2n) is 4.80. The molecule has 5 heteroatoms. The van der Waals surface area contributed by atoms with E-state index in [1.54, 1.807) is 12.4 Å². The molecule has 0 spiro atoms. The molecule has 4 nitrogen and oxygen atoms in total. The maximum absolute atomic E-state index is 5.96. The van der Waals surface area contributed by atoms with Crippen LogP contribution in [0.25, 0.3) is 11.0 Å². The van der Waals surface area contributed by atoms with E-state index in [-0.39, 0.29) is 5.60 Å². The van der Waals surface area contributed by atoms with Gasteiger partial charge in [-0.3, -0.25) is 4.98 Å². The molecule has 98 valence electrons. The number of aromatic nitrogens is 3. The monoisotopic (exact) mass is 267 g/mol. The van der Waals surface area contributed by atoms with E-state index < -0.39 is 0 Å². The van der Waals surface area contributed by atoms with Gasteiger partial charge in [0.1, 0.15) is 11.3 Å². The van der Waals surface area contributed by atoms with Crippen LogP contribution in [0, 0.1) is 0 Å². The third kappa shape index (κ3) is 2.65. The highest BCUT2D eigenvalue weighted by Crippen LogP contribution is 2.21. The number of hydrogen-bond acceptors (Lipinski definition) is 3. The Labute approximate surface area is 112 Å². The normalized spacial score (nSPS) is 12.2. The second kappa shape index (κ2) is 5.24. The van der Waals surface area contributed by atoms with E-state index in [0.717, 1.165) is 23.4 Å². The number of pyridine rings is 1. The largest absolute Gasteiger partial charge is 0.374 e. The van der Waals surface area contributed by atoms with Gasteiger partial charge in [-0.25, -0.2) is 4.98 Å². The van der Waals surface area contributed by atoms with Crippen LogP contribution >= 0.6 is 11.6 Å². The predicted octanol–water partition coefficient (Wildman–Crippen LogP) is 2.99. The Morgan fingerprint density at radius 2 is 2.22 bits per heavy atom. The maximum Gasteiger partial charge on any atom is 0.125 e. The van der Waals surface area contributed by atoms with Gasteiger partial charge in [-0.05, 0) is 26.8 Å². The maximum atomic E-state index is 5.96. The lowest BCUT2D eigenvalue weighted by Crippen LogP contribution is -2.31. The zero-order chi connectivity index (χ0) is 13.2. The van der Waals surface area contributed by atoms with Crippen molar-refractivity contribution in [2.75, 3.05) is 6.61 Å². The van der Waals surface area contributed by atoms with Crippen molar-refractivity contribution in [3.05, 3.63) is 24.3 Å². The van der Waals surface area contributed by atoms with Crippen molar-refractivity contribution in [1.82, 2.24) is 14.5 Å². The molecule has 0 fully saturated rings. The van der Waals surface area contributed by atoms with Crippen LogP contribution in [0.15, 0.2) is 18.5 Å². The van der Waals surface area contributed by atoms with E-state index in [0.29, 0.717) is 12.5 Å². The van der Waals surface area contributed by atoms with Crippen molar-refractivity contribution in [3.8, 4) is 0 Å². The second-order valence-corrected chi connectivity index (χ2v) is 5.07. The third-order valence-corrected chi connectivity index (χ3v) is 3.06. The van der Waals surface area contributed by atoms with Crippen LogP contribution in [0.1, 0.15) is 26.6 Å². The summed E-state index contributed by atoms with van der Waals surface area (Å²) in [5.74, 6) is 1.24. The Morgan fingerprint density at radius 3 is 2.89 bits per heavy atom. The Bertz CT molecular complexity index is 536. The van der Waals surface area contributed by atoms with Gasteiger partial charge < -0.3 is 9.30 Å². The summed E-state index contributed by atoms with van der Waals surface area (Å²) < 4.78 is 7.85. The molecule has 2 aromatic rings. The quantitative estimate of drug-likeness (QED) is 0.782. The van der Waals surface area contributed by atoms with E-state index >= 15 is 0 Å². The first-order valence-corrected chi connectivity index (χ1v) is 6.60. The van der Waals surface area contributed by atoms with Crippen LogP contribution in [-0.4, -0.2) is 26.7 Å². The average Bonchev–Trinajstić information content (AvgIpc) is 2.67. The topological polar surface area (TPSA) is 39.9 Å². The summed E-state index contributed by atoms with van der Waals surface area (Å²) in [5.41, 5.74) is 1.68. The van der Waals surface area contributed by atoms with Crippen molar-refractivity contribution < 1.29 is 4.74 Å². The number of nitrogens with zero attached hydrogens (tertiary/aromatic N) is 3. The summed E-state index contributed by atoms with van der Waals surface area (Å²) in [5, 5.41) is 0. The fourth-order valence-corrected chi connectivity index (χ4v) is 2.33. The zero-order valence-electron chi connectivity index (χ0n) is 11.0. The van der Waals surface area contributed by atoms with Crippen molar-refractivity contribution in [3.63, 3.8) is 0 Å². The number of imidazole rings is 1. The van der Waals surface area contributed by atoms with Crippen LogP contribution in [0.4, 0.5) is 0 Å². The minimum atomic E-state index is -0.244. The molecular weight excluding hydrogens is 250 g/mol. The standard InChI is InChI=1S/C13H18ClN3O/c1-4-18-13(2,3)9-17-11-5-6-15-8-10(11)16-12(17)7-14/h5-6,8H,4,7,9H2,1-3H3. The lowest BCUT2D eigenvalue weighted by atomic mass is 10.1. The molecule has 0 aliphatic carbocycles. The molecule has 0 aliphatic heterocycles. The minimum absolute atomic E-state index is 0.244. The van der Waals surface area contributed by atoms with Crippen LogP contribution in [0.3, 0.4) is 0 Å². The van der Waals surface area contributed by atoms with Crippen molar-refractivity contribution in [2.24, 2.45) is 0 Å². The molecule has 0 saturated heterocycles. The fourth-order valence-electron chi connectivity index (χ4n) is 2.13. The molecule has 2 rings (SSSR count). The lowest BCUT2D eigenvalue weighted by Gasteiger charge is -2.26. The smallest absolute Gasteiger partial charge is 0.125 e. The molecule has 0 amide bonds. The van der Waals surface area contributed by atoms with Crippen molar-refractivity contribution in [1.29, 1.82) is 0 Å². The molecule has 0 radical (unpaired) electrons. The molecule has 0 aromatic carbocycles. The number of fused-ring (bicyclic) bond motifs is 1. The zero-order valence-corrected chi connectivity index (χ0v) is 11.7. The first kappa shape index (κ1) is 13.3. The molecule has 0 N–H and O–H groups in total. The molecule has 0 saturated carbocycles. The molecule has 0 unspecified atom stereocenters. The Hall–Kier alpha value is -1.13. The van der Waals surface area contributed by atoms with E-state index in [2.05, 4.69) is 28.4 Å². The Kier molecular flexibility index (Phi) is 3.88. The highest BCUT2D eigenvalue weighted by atomic mass is 35.5. The van der Waals surface area contributed by atoms with Gasteiger partial charge in [-0.1, -0.05) is 0 Å². The van der Waals surface area contributed by atoms with Crippen LogP contribution in [-0.2, 0) is 17.2 Å². The number of alkyl halides is 1. The highest BCUT2D eigenvalue weighted by molar-refractivity contribution is 6.16. The summed E-state index contributed by atoms with van der Waals surface area (Å²) in [6, 6.07) is 1.96. The summed E-state index contributed by atoms with van der Waals surface area (Å²) in [6.07, 6.45) is 3.53. The van der Waals surface area contributed by atoms with Crippen LogP contribution in [0.2, 0.25) is 0 Å². The minimum Gasteiger partial charge on any atom is -0.374 e. The van der Waals surface area contributed by atoms with E-state index in [1.165, 1.54) is 0 Å². The Balaban J connectivity index is 2.42. The van der Waals surface area contributed by atoms with Gasteiger partial charge in [0.15, 0.2) is 0 Å². The fraction of sp³-hybridized carbons (Fsp3) is 0.538. The summed E-state index contributed by atoms with van der Waals surface area (Å²) in [4.78, 5) is 8.57. The van der Waals surface area contributed by atoms with Gasteiger partial charge in [0.05, 0.1) is 29.7 Å². The van der Waals surface area contributed by atoms with Crippen LogP contribution in [0.5, 0.6) is 0 Å². The van der Waals surface area contributed by atoms with Crippen molar-refractivity contribution >= 4 is 22.6 Å². The van der Waals surface area contributed by atoms with Gasteiger partial charge in [0.25, 0.3) is 0 Å². The number of hydrogen-bond donors (Lipinski definition) is 0. The van der Waals surface area contributed by atoms with Gasteiger partial charge in [-0.15, -0.1) is 11.6 Å². The number of ether oxygens (including phenoxy) is 1. The van der Waals surface area contributed by atoms with Crippen LogP contribution < -0.4 is 0 Å². The SMILES string of the molecule is CCOC(C)(C)Cn1c(CCl)nc2cnccc21. The van der Waals surface area contributed by atoms with E-state index in [9.17, 15) is 0 Å². The summed E-state index contributed by atoms with van der Waals surface area (Å²) in [7, 11) is 0. The van der Waals surface area contributed by atoms with Gasteiger partial charge >= 0.3 is 0 Å². The number of halogens is 1. The molecule has 2 aromatic heterocycles. The van der Waals surface area contributed by atoms with E-state index in [4.69, 9.17) is 16.3 Å². The summed E-state index contributed by atoms with van der Waals surface area (Å²) in [6.45, 7) is 7.56. The number of rotatable bonds is 5. The predicted molar refractivity (Wildman–Crippen MR) is 72.8 cm³/mol. The molecular formula is C13H18ClN3O.